The summed E-state index contributed by atoms with van der Waals surface area (Å²) in [5, 5.41) is 11.0. The second kappa shape index (κ2) is 21.9. The van der Waals surface area contributed by atoms with E-state index in [1.807, 2.05) is 48.0 Å². The van der Waals surface area contributed by atoms with Gasteiger partial charge < -0.3 is 20.1 Å². The molecule has 0 aliphatic heterocycles. The highest BCUT2D eigenvalue weighted by Crippen LogP contribution is 2.19. The van der Waals surface area contributed by atoms with Crippen molar-refractivity contribution in [2.24, 2.45) is 21.8 Å². The van der Waals surface area contributed by atoms with Crippen LogP contribution in [-0.2, 0) is 9.47 Å². The molecule has 0 saturated carbocycles. The van der Waals surface area contributed by atoms with Crippen molar-refractivity contribution in [1.82, 2.24) is 9.78 Å². The molecule has 0 spiro atoms. The Bertz CT molecular complexity index is 1830. The number of anilines is 2. The van der Waals surface area contributed by atoms with E-state index in [-0.39, 0.29) is 17.9 Å². The lowest BCUT2D eigenvalue weighted by atomic mass is 10.0. The van der Waals surface area contributed by atoms with E-state index < -0.39 is 0 Å². The van der Waals surface area contributed by atoms with Crippen molar-refractivity contribution >= 4 is 35.0 Å². The second-order valence-corrected chi connectivity index (χ2v) is 13.5. The van der Waals surface area contributed by atoms with E-state index in [4.69, 9.17) is 19.5 Å². The number of nitrogens with zero attached hydrogens (tertiary/aromatic N) is 4. The Morgan fingerprint density at radius 3 is 1.74 bits per heavy atom. The number of guanidine groups is 1. The highest BCUT2D eigenvalue weighted by molar-refractivity contribution is 6.09. The van der Waals surface area contributed by atoms with Crippen LogP contribution in [0.2, 0.25) is 0 Å². The minimum absolute atomic E-state index is 0.261. The Kier molecular flexibility index (Phi) is 16.7. The van der Waals surface area contributed by atoms with Crippen molar-refractivity contribution in [1.29, 1.82) is 0 Å². The van der Waals surface area contributed by atoms with Gasteiger partial charge in [-0.1, -0.05) is 91.0 Å². The van der Waals surface area contributed by atoms with Crippen molar-refractivity contribution in [3.05, 3.63) is 120 Å². The summed E-state index contributed by atoms with van der Waals surface area (Å²) >= 11 is 0. The maximum Gasteiger partial charge on any atom is 0.338 e. The maximum atomic E-state index is 12.8. The van der Waals surface area contributed by atoms with Crippen LogP contribution in [0.15, 0.2) is 114 Å². The lowest BCUT2D eigenvalue weighted by Gasteiger charge is -2.15. The Morgan fingerprint density at radius 1 is 0.722 bits per heavy atom. The van der Waals surface area contributed by atoms with Gasteiger partial charge in [0.1, 0.15) is 5.82 Å². The first-order valence-corrected chi connectivity index (χ1v) is 19.3. The molecular weight excluding hydrogens is 677 g/mol. The third-order valence-electron chi connectivity index (χ3n) is 9.30. The van der Waals surface area contributed by atoms with E-state index in [0.717, 1.165) is 62.7 Å². The number of para-hydroxylation sites is 1. The van der Waals surface area contributed by atoms with Gasteiger partial charge in [0.05, 0.1) is 47.6 Å². The number of carbonyl (C=O) groups excluding carboxylic acids is 2. The van der Waals surface area contributed by atoms with E-state index >= 15 is 0 Å². The summed E-state index contributed by atoms with van der Waals surface area (Å²) in [5.74, 6) is 0.631. The predicted octanol–water partition coefficient (Wildman–Crippen LogP) is 10.5. The smallest absolute Gasteiger partial charge is 0.338 e. The largest absolute Gasteiger partial charge is 0.462 e. The summed E-state index contributed by atoms with van der Waals surface area (Å²) < 4.78 is 13.1. The molecule has 10 nitrogen and oxygen atoms in total. The number of nitrogens with one attached hydrogen (secondary N) is 2. The molecule has 4 aromatic rings. The third-order valence-corrected chi connectivity index (χ3v) is 9.30. The molecule has 3 aromatic carbocycles. The lowest BCUT2D eigenvalue weighted by Crippen LogP contribution is -2.16. The van der Waals surface area contributed by atoms with E-state index in [1.165, 1.54) is 0 Å². The Labute approximate surface area is 320 Å². The number of benzene rings is 3. The summed E-state index contributed by atoms with van der Waals surface area (Å²) in [6.45, 7) is 15.4. The van der Waals surface area contributed by atoms with Gasteiger partial charge in [-0.25, -0.2) is 19.3 Å². The normalized spacial score (nSPS) is 12.8. The van der Waals surface area contributed by atoms with Crippen LogP contribution in [0.25, 0.3) is 5.69 Å². The average Bonchev–Trinajstić information content (AvgIpc) is 3.69. The molecule has 0 fully saturated rings. The number of rotatable bonds is 20. The standard InChI is InChI=1S/C44H56N6O4/c1-7-11-16-34(9-3)30-53-42(51)36-20-24-38(25-21-36)47-33(6)48-44(46-32(5)41-28-29-45-50(41)40-18-14-13-15-19-40)49-39-26-22-37(23-27-39)43(52)54-31-35(10-4)17-12-8-2/h13-15,18-29,34-35,47H,6-12,16-17,30-31H2,1-5H3,(H,48,49)/b46-32+. The number of hydrogen-bond donors (Lipinski definition) is 2. The molecule has 54 heavy (non-hydrogen) atoms. The summed E-state index contributed by atoms with van der Waals surface area (Å²) in [7, 11) is 0. The van der Waals surface area contributed by atoms with Crippen LogP contribution in [0.1, 0.15) is 112 Å². The number of esters is 2. The Morgan fingerprint density at radius 2 is 1.24 bits per heavy atom. The van der Waals surface area contributed by atoms with E-state index in [0.29, 0.717) is 59.1 Å². The van der Waals surface area contributed by atoms with Crippen molar-refractivity contribution in [3.63, 3.8) is 0 Å². The van der Waals surface area contributed by atoms with Crippen LogP contribution in [0.5, 0.6) is 0 Å². The average molecular weight is 733 g/mol. The molecule has 2 atom stereocenters. The minimum Gasteiger partial charge on any atom is -0.462 e. The highest BCUT2D eigenvalue weighted by Gasteiger charge is 2.15. The predicted molar refractivity (Wildman–Crippen MR) is 220 cm³/mol. The highest BCUT2D eigenvalue weighted by atomic mass is 16.5. The third kappa shape index (κ3) is 12.9. The topological polar surface area (TPSA) is 119 Å². The van der Waals surface area contributed by atoms with Crippen LogP contribution in [0.4, 0.5) is 11.4 Å². The molecule has 0 radical (unpaired) electrons. The fourth-order valence-electron chi connectivity index (χ4n) is 5.83. The van der Waals surface area contributed by atoms with Gasteiger partial charge in [-0.2, -0.15) is 10.1 Å². The molecular formula is C44H56N6O4. The summed E-state index contributed by atoms with van der Waals surface area (Å²) in [4.78, 5) is 35.1. The molecule has 0 saturated heterocycles. The molecule has 0 aliphatic rings. The van der Waals surface area contributed by atoms with Gasteiger partial charge >= 0.3 is 11.9 Å². The van der Waals surface area contributed by atoms with E-state index in [2.05, 4.69) is 50.0 Å². The first-order chi connectivity index (χ1) is 26.2. The van der Waals surface area contributed by atoms with Crippen molar-refractivity contribution in [2.75, 3.05) is 23.8 Å². The zero-order chi connectivity index (χ0) is 38.7. The lowest BCUT2D eigenvalue weighted by molar-refractivity contribution is 0.0419. The number of aliphatic imine (C=N–C) groups is 2. The fraction of sp³-hybridized carbons (Fsp3) is 0.386. The fourth-order valence-corrected chi connectivity index (χ4v) is 5.83. The van der Waals surface area contributed by atoms with Gasteiger partial charge in [-0.3, -0.25) is 0 Å². The monoisotopic (exact) mass is 732 g/mol. The zero-order valence-electron chi connectivity index (χ0n) is 32.5. The first-order valence-electron chi connectivity index (χ1n) is 19.3. The van der Waals surface area contributed by atoms with Crippen molar-refractivity contribution in [2.45, 2.75) is 86.0 Å². The van der Waals surface area contributed by atoms with Gasteiger partial charge in [0, 0.05) is 11.4 Å². The van der Waals surface area contributed by atoms with Gasteiger partial charge in [0.2, 0.25) is 5.96 Å². The molecule has 2 N–H and O–H groups in total. The van der Waals surface area contributed by atoms with Crippen molar-refractivity contribution < 1.29 is 19.1 Å². The van der Waals surface area contributed by atoms with Gasteiger partial charge in [0.15, 0.2) is 0 Å². The second-order valence-electron chi connectivity index (χ2n) is 13.5. The van der Waals surface area contributed by atoms with Gasteiger partial charge in [-0.15, -0.1) is 0 Å². The molecule has 1 heterocycles. The molecule has 2 unspecified atom stereocenters. The van der Waals surface area contributed by atoms with Gasteiger partial charge in [-0.05, 0) is 98.3 Å². The molecule has 0 amide bonds. The quantitative estimate of drug-likeness (QED) is 0.0527. The van der Waals surface area contributed by atoms with Crippen LogP contribution >= 0.6 is 0 Å². The number of carbonyl (C=O) groups is 2. The van der Waals surface area contributed by atoms with Gasteiger partial charge in [0.25, 0.3) is 0 Å². The molecule has 286 valence electrons. The van der Waals surface area contributed by atoms with Crippen LogP contribution < -0.4 is 10.6 Å². The SMILES string of the molecule is C=C(/N=C(\N=C(/C)c1ccnn1-c1ccccc1)Nc1ccc(C(=O)OCC(CC)CCCC)cc1)Nc1ccc(C(=O)OCC(CC)CCCC)cc1. The summed E-state index contributed by atoms with van der Waals surface area (Å²) in [6, 6.07) is 25.8. The zero-order valence-corrected chi connectivity index (χ0v) is 32.5. The number of hydrogen-bond acceptors (Lipinski definition) is 7. The molecule has 0 aliphatic carbocycles. The number of aromatic nitrogens is 2. The van der Waals surface area contributed by atoms with E-state index in [9.17, 15) is 9.59 Å². The Hall–Kier alpha value is -5.51. The number of ether oxygens (including phenoxy) is 2. The molecule has 1 aromatic heterocycles. The Balaban J connectivity index is 1.50. The summed E-state index contributed by atoms with van der Waals surface area (Å²) in [5.41, 5.74) is 4.66. The number of unbranched alkanes of at least 4 members (excludes halogenated alkanes) is 2. The van der Waals surface area contributed by atoms with Crippen LogP contribution in [0, 0.1) is 11.8 Å². The first kappa shape index (κ1) is 41.2. The minimum atomic E-state index is -0.345. The summed E-state index contributed by atoms with van der Waals surface area (Å²) in [6.07, 6.45) is 10.3. The maximum absolute atomic E-state index is 12.8. The van der Waals surface area contributed by atoms with Crippen LogP contribution in [-0.4, -0.2) is 46.6 Å². The molecule has 0 bridgehead atoms. The molecule has 10 heteroatoms. The van der Waals surface area contributed by atoms with E-state index in [1.54, 1.807) is 54.7 Å². The molecule has 4 rings (SSSR count). The van der Waals surface area contributed by atoms with Crippen molar-refractivity contribution in [3.8, 4) is 5.69 Å². The van der Waals surface area contributed by atoms with Crippen LogP contribution in [0.3, 0.4) is 0 Å².